The highest BCUT2D eigenvalue weighted by atomic mass is 14.2. The van der Waals surface area contributed by atoms with E-state index in [1.807, 2.05) is 0 Å². The highest BCUT2D eigenvalue weighted by molar-refractivity contribution is 4.62. The fourth-order valence-corrected chi connectivity index (χ4v) is 0.612. The molecule has 1 aliphatic carbocycles. The van der Waals surface area contributed by atoms with Crippen molar-refractivity contribution in [1.82, 2.24) is 0 Å². The van der Waals surface area contributed by atoms with Crippen molar-refractivity contribution < 1.29 is 0 Å². The first-order valence-electron chi connectivity index (χ1n) is 3.12. The minimum absolute atomic E-state index is 1.06. The van der Waals surface area contributed by atoms with E-state index in [1.54, 1.807) is 6.07 Å². The van der Waals surface area contributed by atoms with Crippen LogP contribution in [0.25, 0.3) is 0 Å². The average molecular weight is 111 g/mol. The van der Waals surface area contributed by atoms with Gasteiger partial charge < -0.3 is 0 Å². The van der Waals surface area contributed by atoms with Crippen LogP contribution >= 0.6 is 0 Å². The lowest BCUT2D eigenvalue weighted by molar-refractivity contribution is 0.346. The van der Waals surface area contributed by atoms with E-state index in [9.17, 15) is 0 Å². The Bertz CT molecular complexity index is 76.9. The third-order valence-corrected chi connectivity index (χ3v) is 1.39. The van der Waals surface area contributed by atoms with Crippen molar-refractivity contribution in [3.8, 4) is 6.07 Å². The molecule has 0 atom stereocenters. The fraction of sp³-hybridized carbons (Fsp3) is 0.857. The summed E-state index contributed by atoms with van der Waals surface area (Å²) in [6.45, 7) is 3.74. The monoisotopic (exact) mass is 111 g/mol. The van der Waals surface area contributed by atoms with Gasteiger partial charge in [-0.3, -0.25) is 0 Å². The number of nitrogens with zero attached hydrogens (tertiary/aromatic N) is 1. The molecule has 1 aliphatic rings. The van der Waals surface area contributed by atoms with Crippen molar-refractivity contribution in [3.63, 3.8) is 0 Å². The predicted molar refractivity (Wildman–Crippen MR) is 34.3 cm³/mol. The fourth-order valence-electron chi connectivity index (χ4n) is 0.612. The molecular formula is C7H13N. The SMILES string of the molecule is CC#N.CC1CCC1. The van der Waals surface area contributed by atoms with E-state index in [-0.39, 0.29) is 0 Å². The van der Waals surface area contributed by atoms with Gasteiger partial charge in [0.05, 0.1) is 6.07 Å². The van der Waals surface area contributed by atoms with E-state index in [2.05, 4.69) is 6.92 Å². The number of nitriles is 1. The molecule has 0 spiro atoms. The van der Waals surface area contributed by atoms with Crippen LogP contribution in [-0.4, -0.2) is 0 Å². The van der Waals surface area contributed by atoms with Gasteiger partial charge in [-0.15, -0.1) is 0 Å². The van der Waals surface area contributed by atoms with Gasteiger partial charge in [-0.05, 0) is 5.92 Å². The summed E-state index contributed by atoms with van der Waals surface area (Å²) in [6.07, 6.45) is 4.46. The number of rotatable bonds is 0. The third-order valence-electron chi connectivity index (χ3n) is 1.39. The molecule has 0 heterocycles. The molecular weight excluding hydrogens is 98.1 g/mol. The van der Waals surface area contributed by atoms with Crippen LogP contribution in [0.2, 0.25) is 0 Å². The highest BCUT2D eigenvalue weighted by Gasteiger charge is 2.09. The van der Waals surface area contributed by atoms with Crippen LogP contribution in [0, 0.1) is 17.2 Å². The summed E-state index contributed by atoms with van der Waals surface area (Å²) >= 11 is 0. The molecule has 0 aromatic carbocycles. The summed E-state index contributed by atoms with van der Waals surface area (Å²) in [6, 6.07) is 1.75. The molecule has 0 amide bonds. The second-order valence-corrected chi connectivity index (χ2v) is 2.26. The first-order chi connectivity index (χ1) is 3.81. The Morgan fingerprint density at radius 2 is 1.75 bits per heavy atom. The Balaban J connectivity index is 0.000000145. The Kier molecular flexibility index (Phi) is 4.35. The van der Waals surface area contributed by atoms with Crippen LogP contribution in [0.3, 0.4) is 0 Å². The molecule has 0 saturated heterocycles. The van der Waals surface area contributed by atoms with Crippen molar-refractivity contribution in [2.75, 3.05) is 0 Å². The van der Waals surface area contributed by atoms with Gasteiger partial charge in [0.25, 0.3) is 0 Å². The van der Waals surface area contributed by atoms with Gasteiger partial charge >= 0.3 is 0 Å². The molecule has 46 valence electrons. The van der Waals surface area contributed by atoms with Crippen LogP contribution in [-0.2, 0) is 0 Å². The first kappa shape index (κ1) is 7.49. The van der Waals surface area contributed by atoms with Gasteiger partial charge in [0, 0.05) is 6.92 Å². The summed E-state index contributed by atoms with van der Waals surface area (Å²) in [7, 11) is 0. The summed E-state index contributed by atoms with van der Waals surface area (Å²) < 4.78 is 0. The highest BCUT2D eigenvalue weighted by Crippen LogP contribution is 2.24. The number of hydrogen-bond donors (Lipinski definition) is 0. The summed E-state index contributed by atoms with van der Waals surface area (Å²) in [5.74, 6) is 1.06. The molecule has 0 aromatic rings. The van der Waals surface area contributed by atoms with E-state index < -0.39 is 0 Å². The zero-order valence-electron chi connectivity index (χ0n) is 5.65. The van der Waals surface area contributed by atoms with Crippen molar-refractivity contribution in [2.24, 2.45) is 5.92 Å². The molecule has 0 N–H and O–H groups in total. The second-order valence-electron chi connectivity index (χ2n) is 2.26. The Labute approximate surface area is 51.3 Å². The van der Waals surface area contributed by atoms with Crippen LogP contribution in [0.15, 0.2) is 0 Å². The van der Waals surface area contributed by atoms with Crippen LogP contribution in [0.4, 0.5) is 0 Å². The smallest absolute Gasteiger partial charge is 0.0587 e. The van der Waals surface area contributed by atoms with Gasteiger partial charge in [-0.2, -0.15) is 5.26 Å². The molecule has 0 aliphatic heterocycles. The van der Waals surface area contributed by atoms with E-state index in [0.29, 0.717) is 0 Å². The molecule has 1 nitrogen and oxygen atoms in total. The van der Waals surface area contributed by atoms with E-state index >= 15 is 0 Å². The number of hydrogen-bond acceptors (Lipinski definition) is 1. The zero-order chi connectivity index (χ0) is 6.41. The van der Waals surface area contributed by atoms with Crippen molar-refractivity contribution >= 4 is 0 Å². The Morgan fingerprint density at radius 1 is 1.50 bits per heavy atom. The molecule has 0 unspecified atom stereocenters. The molecule has 8 heavy (non-hydrogen) atoms. The topological polar surface area (TPSA) is 23.8 Å². The standard InChI is InChI=1S/C5H10.C2H3N/c1-5-3-2-4-5;1-2-3/h5H,2-4H2,1H3;1H3. The maximum Gasteiger partial charge on any atom is 0.0587 e. The quantitative estimate of drug-likeness (QED) is 0.470. The molecule has 0 aromatic heterocycles. The maximum atomic E-state index is 7.32. The van der Waals surface area contributed by atoms with Gasteiger partial charge in [0.2, 0.25) is 0 Å². The Morgan fingerprint density at radius 3 is 1.75 bits per heavy atom. The summed E-state index contributed by atoms with van der Waals surface area (Å²) in [5.41, 5.74) is 0. The molecule has 1 saturated carbocycles. The Hall–Kier alpha value is -0.510. The van der Waals surface area contributed by atoms with Crippen molar-refractivity contribution in [1.29, 1.82) is 5.26 Å². The largest absolute Gasteiger partial charge is 0.199 e. The molecule has 1 fully saturated rings. The van der Waals surface area contributed by atoms with Crippen molar-refractivity contribution in [2.45, 2.75) is 33.1 Å². The minimum Gasteiger partial charge on any atom is -0.199 e. The van der Waals surface area contributed by atoms with E-state index in [4.69, 9.17) is 5.26 Å². The average Bonchev–Trinajstić information content (AvgIpc) is 1.64. The molecule has 0 radical (unpaired) electrons. The van der Waals surface area contributed by atoms with Gasteiger partial charge in [0.15, 0.2) is 0 Å². The molecule has 1 rings (SSSR count). The van der Waals surface area contributed by atoms with Gasteiger partial charge in [-0.25, -0.2) is 0 Å². The lowest BCUT2D eigenvalue weighted by Crippen LogP contribution is -2.04. The predicted octanol–water partition coefficient (Wildman–Crippen LogP) is 2.34. The first-order valence-corrected chi connectivity index (χ1v) is 3.12. The van der Waals surface area contributed by atoms with E-state index in [1.165, 1.54) is 26.2 Å². The maximum absolute atomic E-state index is 7.32. The molecule has 1 heteroatoms. The van der Waals surface area contributed by atoms with E-state index in [0.717, 1.165) is 5.92 Å². The van der Waals surface area contributed by atoms with Crippen LogP contribution in [0.5, 0.6) is 0 Å². The lowest BCUT2D eigenvalue weighted by Gasteiger charge is -2.18. The molecule has 0 bridgehead atoms. The normalized spacial score (nSPS) is 17.1. The van der Waals surface area contributed by atoms with Crippen molar-refractivity contribution in [3.05, 3.63) is 0 Å². The van der Waals surface area contributed by atoms with Gasteiger partial charge in [-0.1, -0.05) is 26.2 Å². The minimum atomic E-state index is 1.06. The lowest BCUT2D eigenvalue weighted by atomic mass is 9.88. The third kappa shape index (κ3) is 3.67. The zero-order valence-corrected chi connectivity index (χ0v) is 5.65. The summed E-state index contributed by atoms with van der Waals surface area (Å²) in [4.78, 5) is 0. The van der Waals surface area contributed by atoms with Crippen LogP contribution < -0.4 is 0 Å². The summed E-state index contributed by atoms with van der Waals surface area (Å²) in [5, 5.41) is 7.32. The second kappa shape index (κ2) is 4.64. The van der Waals surface area contributed by atoms with Gasteiger partial charge in [0.1, 0.15) is 0 Å². The van der Waals surface area contributed by atoms with Crippen LogP contribution in [0.1, 0.15) is 33.1 Å².